The molecule has 43 heavy (non-hydrogen) atoms. The minimum atomic E-state index is -1.53. The van der Waals surface area contributed by atoms with Crippen LogP contribution in [0.5, 0.6) is 0 Å². The summed E-state index contributed by atoms with van der Waals surface area (Å²) >= 11 is 0. The summed E-state index contributed by atoms with van der Waals surface area (Å²) in [6, 6.07) is 12.3. The van der Waals surface area contributed by atoms with Crippen molar-refractivity contribution >= 4 is 17.3 Å². The van der Waals surface area contributed by atoms with Crippen LogP contribution in [0, 0.1) is 34.4 Å². The number of ketones is 2. The molecule has 1 saturated heterocycles. The molecule has 3 saturated carbocycles. The molecule has 0 spiro atoms. The Balaban J connectivity index is 1.22. The number of aliphatic hydroxyl groups excluding tert-OH is 2. The fourth-order valence-electron chi connectivity index (χ4n) is 9.58. The van der Waals surface area contributed by atoms with Crippen LogP contribution in [0.25, 0.3) is 0 Å². The first kappa shape index (κ1) is 28.6. The number of benzene rings is 2. The van der Waals surface area contributed by atoms with Gasteiger partial charge in [0, 0.05) is 28.0 Å². The summed E-state index contributed by atoms with van der Waals surface area (Å²) < 4.78 is 28.4. The highest BCUT2D eigenvalue weighted by atomic mass is 19.1. The molecular weight excluding hydrogens is 549 g/mol. The van der Waals surface area contributed by atoms with Crippen LogP contribution >= 0.6 is 0 Å². The zero-order valence-electron chi connectivity index (χ0n) is 24.5. The summed E-state index contributed by atoms with van der Waals surface area (Å²) in [6.07, 6.45) is 5.46. The molecule has 226 valence electrons. The highest BCUT2D eigenvalue weighted by Crippen LogP contribution is 2.70. The van der Waals surface area contributed by atoms with Crippen molar-refractivity contribution in [2.45, 2.75) is 70.1 Å². The molecule has 0 unspecified atom stereocenters. The van der Waals surface area contributed by atoms with Crippen LogP contribution in [0.15, 0.2) is 66.3 Å². The fraction of sp³-hybridized carbons (Fsp3) is 0.486. The molecule has 5 aliphatic rings. The van der Waals surface area contributed by atoms with Crippen molar-refractivity contribution < 1.29 is 33.7 Å². The molecule has 1 heterocycles. The van der Waals surface area contributed by atoms with E-state index in [-0.39, 0.29) is 35.5 Å². The topological polar surface area (TPSA) is 119 Å². The predicted octanol–water partition coefficient (Wildman–Crippen LogP) is 4.60. The Hall–Kier alpha value is -3.17. The number of nitrogens with two attached hydrogens (primary N) is 1. The van der Waals surface area contributed by atoms with Crippen LogP contribution in [0.3, 0.4) is 0 Å². The minimum Gasteiger partial charge on any atom is -0.399 e. The molecule has 1 aliphatic heterocycles. The first-order chi connectivity index (χ1) is 20.5. The smallest absolute Gasteiger partial charge is 0.193 e. The second-order valence-corrected chi connectivity index (χ2v) is 13.6. The third kappa shape index (κ3) is 4.06. The van der Waals surface area contributed by atoms with Gasteiger partial charge in [0.2, 0.25) is 0 Å². The van der Waals surface area contributed by atoms with Gasteiger partial charge in [-0.1, -0.05) is 43.7 Å². The molecule has 4 aliphatic carbocycles. The van der Waals surface area contributed by atoms with Crippen molar-refractivity contribution in [3.63, 3.8) is 0 Å². The number of carbonyl (C=O) groups is 2. The lowest BCUT2D eigenvalue weighted by Gasteiger charge is -2.59. The second-order valence-electron chi connectivity index (χ2n) is 13.6. The van der Waals surface area contributed by atoms with E-state index < -0.39 is 53.1 Å². The van der Waals surface area contributed by atoms with Crippen molar-refractivity contribution in [1.29, 1.82) is 0 Å². The van der Waals surface area contributed by atoms with Crippen LogP contribution in [0.1, 0.15) is 62.5 Å². The molecule has 9 atom stereocenters. The molecule has 4 N–H and O–H groups in total. The average molecular weight is 588 g/mol. The van der Waals surface area contributed by atoms with Crippen LogP contribution in [-0.2, 0) is 25.5 Å². The van der Waals surface area contributed by atoms with Crippen LogP contribution in [-0.4, -0.2) is 46.2 Å². The summed E-state index contributed by atoms with van der Waals surface area (Å²) in [5.41, 5.74) is 6.77. The maximum atomic E-state index is 15.4. The first-order valence-corrected chi connectivity index (χ1v) is 15.2. The molecule has 0 radical (unpaired) electrons. The fourth-order valence-corrected chi connectivity index (χ4v) is 9.58. The normalized spacial score (nSPS) is 39.5. The van der Waals surface area contributed by atoms with Gasteiger partial charge >= 0.3 is 0 Å². The average Bonchev–Trinajstić information content (AvgIpc) is 3.48. The Morgan fingerprint density at radius 2 is 1.88 bits per heavy atom. The molecule has 8 heteroatoms. The second kappa shape index (κ2) is 9.92. The maximum Gasteiger partial charge on any atom is 0.193 e. The van der Waals surface area contributed by atoms with Gasteiger partial charge in [0.25, 0.3) is 0 Å². The lowest BCUT2D eigenvalue weighted by molar-refractivity contribution is -0.201. The largest absolute Gasteiger partial charge is 0.399 e. The number of hydrogen-bond acceptors (Lipinski definition) is 7. The van der Waals surface area contributed by atoms with Crippen molar-refractivity contribution in [3.8, 4) is 0 Å². The van der Waals surface area contributed by atoms with E-state index in [9.17, 15) is 19.8 Å². The van der Waals surface area contributed by atoms with E-state index >= 15 is 4.39 Å². The van der Waals surface area contributed by atoms with Gasteiger partial charge in [-0.25, -0.2) is 4.39 Å². The zero-order chi connectivity index (χ0) is 30.3. The Morgan fingerprint density at radius 3 is 2.63 bits per heavy atom. The van der Waals surface area contributed by atoms with Crippen molar-refractivity contribution in [3.05, 3.63) is 88.8 Å². The highest BCUT2D eigenvalue weighted by Gasteiger charge is 2.76. The Bertz CT molecular complexity index is 1550. The standard InChI is InChI=1S/C35H38FNO6/c1-33-12-11-23(39)15-21(33)6-9-24-26-16-30-35(29(41)18-38,34(26,2)17-28(40)31(24)33)43-32(42-30)25-14-20(5-10-27(25)36)13-19-3-7-22(37)8-4-19/h3-5,7-8,10-12,14-15,24,26,28,30-32,38,40H,6,9,13,16-18,37H2,1-2H3/t24-,26-,28-,30+,31+,32-,33-,34-,35+/m0/s1. The molecule has 0 bridgehead atoms. The Kier molecular flexibility index (Phi) is 6.60. The van der Waals surface area contributed by atoms with E-state index in [0.717, 1.165) is 29.5 Å². The van der Waals surface area contributed by atoms with E-state index in [4.69, 9.17) is 15.2 Å². The lowest BCUT2D eigenvalue weighted by Crippen LogP contribution is -2.63. The van der Waals surface area contributed by atoms with E-state index in [2.05, 4.69) is 6.92 Å². The summed E-state index contributed by atoms with van der Waals surface area (Å²) in [6.45, 7) is 3.32. The number of hydrogen-bond donors (Lipinski definition) is 3. The highest BCUT2D eigenvalue weighted by molar-refractivity contribution is 6.01. The monoisotopic (exact) mass is 587 g/mol. The molecule has 0 amide bonds. The van der Waals surface area contributed by atoms with Gasteiger partial charge in [-0.2, -0.15) is 0 Å². The quantitative estimate of drug-likeness (QED) is 0.438. The molecule has 7 nitrogen and oxygen atoms in total. The number of fused-ring (bicyclic) bond motifs is 7. The number of anilines is 1. The predicted molar refractivity (Wildman–Crippen MR) is 157 cm³/mol. The Labute approximate surface area is 250 Å². The Morgan fingerprint density at radius 1 is 1.14 bits per heavy atom. The number of ether oxygens (including phenoxy) is 2. The van der Waals surface area contributed by atoms with Gasteiger partial charge < -0.3 is 25.4 Å². The summed E-state index contributed by atoms with van der Waals surface area (Å²) in [5, 5.41) is 22.0. The zero-order valence-corrected chi connectivity index (χ0v) is 24.5. The maximum absolute atomic E-state index is 15.4. The number of aliphatic hydroxyl groups is 2. The van der Waals surface area contributed by atoms with Gasteiger partial charge in [0.1, 0.15) is 12.4 Å². The van der Waals surface area contributed by atoms with Gasteiger partial charge in [-0.15, -0.1) is 0 Å². The van der Waals surface area contributed by atoms with E-state index in [1.165, 1.54) is 6.07 Å². The molecular formula is C35H38FNO6. The SMILES string of the molecule is C[C@]12C=CC(=O)C=C1CC[C@@H]1[C@@H]2[C@@H](O)C[C@@]2(C)[C@H]1C[C@H]1O[C@H](c3cc(Cc4ccc(N)cc4)ccc3F)O[C@]12C(=O)CO. The minimum absolute atomic E-state index is 0.0263. The van der Waals surface area contributed by atoms with Crippen molar-refractivity contribution in [2.24, 2.45) is 28.6 Å². The van der Waals surface area contributed by atoms with Gasteiger partial charge in [-0.3, -0.25) is 9.59 Å². The van der Waals surface area contributed by atoms with E-state index in [1.807, 2.05) is 37.3 Å². The number of nitrogen functional groups attached to an aromatic ring is 1. The third-order valence-corrected chi connectivity index (χ3v) is 11.5. The third-order valence-electron chi connectivity index (χ3n) is 11.5. The van der Waals surface area contributed by atoms with Crippen LogP contribution < -0.4 is 5.73 Å². The number of halogens is 1. The number of carbonyl (C=O) groups excluding carboxylic acids is 2. The number of rotatable bonds is 5. The van der Waals surface area contributed by atoms with Crippen LogP contribution in [0.2, 0.25) is 0 Å². The molecule has 2 aromatic carbocycles. The van der Waals surface area contributed by atoms with Gasteiger partial charge in [-0.05, 0) is 91.5 Å². The van der Waals surface area contributed by atoms with E-state index in [0.29, 0.717) is 18.5 Å². The lowest BCUT2D eigenvalue weighted by atomic mass is 9.46. The number of allylic oxidation sites excluding steroid dienone is 4. The summed E-state index contributed by atoms with van der Waals surface area (Å²) in [4.78, 5) is 25.9. The summed E-state index contributed by atoms with van der Waals surface area (Å²) in [5.74, 6) is -1.14. The summed E-state index contributed by atoms with van der Waals surface area (Å²) in [7, 11) is 0. The van der Waals surface area contributed by atoms with E-state index in [1.54, 1.807) is 24.3 Å². The van der Waals surface area contributed by atoms with Crippen molar-refractivity contribution in [2.75, 3.05) is 12.3 Å². The molecule has 2 aromatic rings. The van der Waals surface area contributed by atoms with Crippen molar-refractivity contribution in [1.82, 2.24) is 0 Å². The molecule has 0 aromatic heterocycles. The first-order valence-electron chi connectivity index (χ1n) is 15.2. The molecule has 4 fully saturated rings. The van der Waals surface area contributed by atoms with Gasteiger partial charge in [0.05, 0.1) is 12.2 Å². The number of Topliss-reactive ketones (excluding diaryl/α,β-unsaturated/α-hetero) is 1. The van der Waals surface area contributed by atoms with Gasteiger partial charge in [0.15, 0.2) is 23.5 Å². The molecule has 7 rings (SSSR count). The van der Waals surface area contributed by atoms with Crippen LogP contribution in [0.4, 0.5) is 10.1 Å².